The number of nitrogens with zero attached hydrogens (tertiary/aromatic N) is 1. The van der Waals surface area contributed by atoms with Crippen LogP contribution in [0.15, 0.2) is 12.2 Å². The van der Waals surface area contributed by atoms with Gasteiger partial charge in [0.25, 0.3) is 0 Å². The molecule has 2 aliphatic heterocycles. The van der Waals surface area contributed by atoms with Gasteiger partial charge in [-0.15, -0.1) is 0 Å². The van der Waals surface area contributed by atoms with Gasteiger partial charge in [0.2, 0.25) is 17.7 Å². The van der Waals surface area contributed by atoms with E-state index in [9.17, 15) is 29.7 Å². The Morgan fingerprint density at radius 3 is 2.45 bits per heavy atom. The number of aliphatic hydroxyl groups excluding tert-OH is 3. The molecule has 2 fully saturated rings. The Labute approximate surface area is 181 Å². The Balaban J connectivity index is 1.66. The predicted octanol–water partition coefficient (Wildman–Crippen LogP) is -1.22. The van der Waals surface area contributed by atoms with Crippen LogP contribution in [0.1, 0.15) is 26.7 Å². The molecule has 0 spiro atoms. The van der Waals surface area contributed by atoms with Crippen LogP contribution in [-0.2, 0) is 23.9 Å². The average Bonchev–Trinajstić information content (AvgIpc) is 3.00. The van der Waals surface area contributed by atoms with Crippen molar-refractivity contribution in [1.82, 2.24) is 10.2 Å². The van der Waals surface area contributed by atoms with E-state index in [0.29, 0.717) is 6.42 Å². The summed E-state index contributed by atoms with van der Waals surface area (Å²) in [6.45, 7) is 3.64. The van der Waals surface area contributed by atoms with Gasteiger partial charge in [0.15, 0.2) is 6.29 Å². The molecule has 31 heavy (non-hydrogen) atoms. The van der Waals surface area contributed by atoms with Gasteiger partial charge in [0.1, 0.15) is 18.3 Å². The van der Waals surface area contributed by atoms with Gasteiger partial charge < -0.3 is 30.1 Å². The van der Waals surface area contributed by atoms with Crippen LogP contribution >= 0.6 is 0 Å². The molecule has 2 heterocycles. The molecule has 9 atom stereocenters. The first kappa shape index (κ1) is 23.8. The first-order valence-corrected chi connectivity index (χ1v) is 10.7. The molecule has 2 saturated heterocycles. The molecule has 0 aromatic carbocycles. The van der Waals surface area contributed by atoms with Crippen molar-refractivity contribution in [2.24, 2.45) is 23.7 Å². The van der Waals surface area contributed by atoms with Gasteiger partial charge in [-0.3, -0.25) is 19.3 Å². The van der Waals surface area contributed by atoms with E-state index in [1.165, 1.54) is 11.9 Å². The Morgan fingerprint density at radius 1 is 1.10 bits per heavy atom. The van der Waals surface area contributed by atoms with E-state index in [-0.39, 0.29) is 43.2 Å². The summed E-state index contributed by atoms with van der Waals surface area (Å²) < 4.78 is 11.1. The highest BCUT2D eigenvalue weighted by atomic mass is 16.7. The third kappa shape index (κ3) is 4.68. The number of fused-ring (bicyclic) bond motifs is 1. The number of imide groups is 1. The van der Waals surface area contributed by atoms with Gasteiger partial charge in [0.05, 0.1) is 24.5 Å². The largest absolute Gasteiger partial charge is 0.388 e. The second kappa shape index (κ2) is 9.74. The summed E-state index contributed by atoms with van der Waals surface area (Å²) >= 11 is 0. The summed E-state index contributed by atoms with van der Waals surface area (Å²) in [6.07, 6.45) is -1.62. The molecule has 3 aliphatic rings. The predicted molar refractivity (Wildman–Crippen MR) is 107 cm³/mol. The van der Waals surface area contributed by atoms with Crippen molar-refractivity contribution < 1.29 is 39.2 Å². The lowest BCUT2D eigenvalue weighted by molar-refractivity contribution is -0.295. The lowest BCUT2D eigenvalue weighted by Gasteiger charge is -2.40. The number of aliphatic hydroxyl groups is 3. The van der Waals surface area contributed by atoms with E-state index in [1.807, 2.05) is 19.1 Å². The molecule has 0 radical (unpaired) electrons. The van der Waals surface area contributed by atoms with Crippen molar-refractivity contribution in [3.8, 4) is 0 Å². The molecule has 4 N–H and O–H groups in total. The molecular weight excluding hydrogens is 408 g/mol. The number of allylic oxidation sites excluding steroid dienone is 1. The highest BCUT2D eigenvalue weighted by molar-refractivity contribution is 6.05. The van der Waals surface area contributed by atoms with Crippen LogP contribution in [0.25, 0.3) is 0 Å². The smallest absolute Gasteiger partial charge is 0.233 e. The van der Waals surface area contributed by atoms with E-state index in [0.717, 1.165) is 0 Å². The van der Waals surface area contributed by atoms with Crippen molar-refractivity contribution in [1.29, 1.82) is 0 Å². The summed E-state index contributed by atoms with van der Waals surface area (Å²) in [5.41, 5.74) is 0. The van der Waals surface area contributed by atoms with Gasteiger partial charge in [-0.25, -0.2) is 0 Å². The first-order chi connectivity index (χ1) is 14.7. The minimum Gasteiger partial charge on any atom is -0.388 e. The maximum absolute atomic E-state index is 13.1. The van der Waals surface area contributed by atoms with E-state index in [1.54, 1.807) is 6.92 Å². The van der Waals surface area contributed by atoms with Crippen molar-refractivity contribution in [3.63, 3.8) is 0 Å². The van der Waals surface area contributed by atoms with E-state index in [4.69, 9.17) is 9.47 Å². The number of hydrogen-bond acceptors (Lipinski definition) is 8. The quantitative estimate of drug-likeness (QED) is 0.285. The third-order valence-corrected chi connectivity index (χ3v) is 6.50. The van der Waals surface area contributed by atoms with Gasteiger partial charge in [-0.2, -0.15) is 0 Å². The zero-order valence-electron chi connectivity index (χ0n) is 18.0. The van der Waals surface area contributed by atoms with Crippen molar-refractivity contribution in [2.75, 3.05) is 20.2 Å². The molecule has 0 aromatic rings. The number of rotatable bonds is 7. The zero-order chi connectivity index (χ0) is 22.9. The van der Waals surface area contributed by atoms with Gasteiger partial charge in [-0.1, -0.05) is 19.1 Å². The van der Waals surface area contributed by atoms with E-state index < -0.39 is 48.5 Å². The first-order valence-electron chi connectivity index (χ1n) is 10.7. The summed E-state index contributed by atoms with van der Waals surface area (Å²) in [5.74, 6) is -2.30. The topological polar surface area (TPSA) is 146 Å². The maximum Gasteiger partial charge on any atom is 0.233 e. The number of likely N-dealkylation sites (tertiary alicyclic amines) is 1. The van der Waals surface area contributed by atoms with Crippen molar-refractivity contribution in [2.45, 2.75) is 57.4 Å². The van der Waals surface area contributed by atoms with Crippen molar-refractivity contribution >= 4 is 17.7 Å². The molecular formula is C21H32N2O8. The van der Waals surface area contributed by atoms with Gasteiger partial charge >= 0.3 is 0 Å². The molecule has 0 aromatic heterocycles. The van der Waals surface area contributed by atoms with Crippen LogP contribution in [0.5, 0.6) is 0 Å². The fourth-order valence-electron chi connectivity index (χ4n) is 4.59. The van der Waals surface area contributed by atoms with Crippen LogP contribution in [-0.4, -0.2) is 88.8 Å². The Kier molecular flexibility index (Phi) is 7.48. The summed E-state index contributed by atoms with van der Waals surface area (Å²) in [4.78, 5) is 38.7. The lowest BCUT2D eigenvalue weighted by Crippen LogP contribution is -2.57. The number of hydrogen-bond donors (Lipinski definition) is 4. The SMILES string of the molecule is CNC(=O)CCCN1C(=O)C2C(C)C=CC(CO[C@@H]3OC(C)[C@H](O)C(O)C3O)C2C1=O. The molecule has 0 bridgehead atoms. The van der Waals surface area contributed by atoms with Crippen LogP contribution in [0.2, 0.25) is 0 Å². The van der Waals surface area contributed by atoms with Crippen LogP contribution in [0.4, 0.5) is 0 Å². The van der Waals surface area contributed by atoms with E-state index >= 15 is 0 Å². The summed E-state index contributed by atoms with van der Waals surface area (Å²) in [6, 6.07) is 0. The number of carbonyl (C=O) groups excluding carboxylic acids is 3. The minimum atomic E-state index is -1.43. The standard InChI is InChI=1S/C21H32N2O8/c1-10-6-7-12(9-30-21-18(27)17(26)16(25)11(2)31-21)15-14(10)19(28)23(20(15)29)8-4-5-13(24)22-3/h6-7,10-12,14-18,21,25-27H,4-5,8-9H2,1-3H3,(H,22,24)/t10?,11?,12?,14?,15?,16-,17?,18?,21+/m0/s1. The van der Waals surface area contributed by atoms with Crippen LogP contribution in [0, 0.1) is 23.7 Å². The monoisotopic (exact) mass is 440 g/mol. The normalized spacial score (nSPS) is 40.2. The molecule has 1 aliphatic carbocycles. The Morgan fingerprint density at radius 2 is 1.77 bits per heavy atom. The average molecular weight is 440 g/mol. The number of amides is 3. The van der Waals surface area contributed by atoms with Crippen LogP contribution < -0.4 is 5.32 Å². The highest BCUT2D eigenvalue weighted by Gasteiger charge is 2.53. The van der Waals surface area contributed by atoms with Gasteiger partial charge in [0, 0.05) is 25.9 Å². The highest BCUT2D eigenvalue weighted by Crippen LogP contribution is 2.42. The third-order valence-electron chi connectivity index (χ3n) is 6.50. The molecule has 10 nitrogen and oxygen atoms in total. The second-order valence-corrected chi connectivity index (χ2v) is 8.58. The minimum absolute atomic E-state index is 0.00670. The zero-order valence-corrected chi connectivity index (χ0v) is 18.0. The van der Waals surface area contributed by atoms with Crippen LogP contribution in [0.3, 0.4) is 0 Å². The van der Waals surface area contributed by atoms with Crippen molar-refractivity contribution in [3.05, 3.63) is 12.2 Å². The summed E-state index contributed by atoms with van der Waals surface area (Å²) in [5, 5.41) is 32.4. The maximum atomic E-state index is 13.1. The number of nitrogens with one attached hydrogen (secondary N) is 1. The number of ether oxygens (including phenoxy) is 2. The second-order valence-electron chi connectivity index (χ2n) is 8.58. The molecule has 3 amide bonds. The molecule has 0 saturated carbocycles. The Bertz CT molecular complexity index is 728. The lowest BCUT2D eigenvalue weighted by atomic mass is 9.72. The fourth-order valence-corrected chi connectivity index (χ4v) is 4.59. The molecule has 7 unspecified atom stereocenters. The fraction of sp³-hybridized carbons (Fsp3) is 0.762. The van der Waals surface area contributed by atoms with Gasteiger partial charge in [-0.05, 0) is 19.3 Å². The Hall–Kier alpha value is -1.85. The molecule has 174 valence electrons. The van der Waals surface area contributed by atoms with E-state index in [2.05, 4.69) is 5.32 Å². The summed E-state index contributed by atoms with van der Waals surface area (Å²) in [7, 11) is 1.54. The molecule has 3 rings (SSSR count). The molecule has 10 heteroatoms. The number of carbonyl (C=O) groups is 3.